The summed E-state index contributed by atoms with van der Waals surface area (Å²) < 4.78 is 45.3. The SMILES string of the molecule is O=C(C1=C(c2ccccc2)Oc2ccc3ccccc3c2C1)C(F)(F)F. The number of ether oxygens (including phenoxy) is 1. The molecule has 0 aliphatic carbocycles. The van der Waals surface area contributed by atoms with Gasteiger partial charge in [0.1, 0.15) is 11.5 Å². The van der Waals surface area contributed by atoms with E-state index in [9.17, 15) is 18.0 Å². The Hall–Kier alpha value is -3.08. The molecule has 0 radical (unpaired) electrons. The third kappa shape index (κ3) is 2.75. The average molecular weight is 354 g/mol. The summed E-state index contributed by atoms with van der Waals surface area (Å²) in [6, 6.07) is 19.3. The van der Waals surface area contributed by atoms with Crippen molar-refractivity contribution < 1.29 is 22.7 Å². The van der Waals surface area contributed by atoms with Crippen LogP contribution in [0.5, 0.6) is 5.75 Å². The summed E-state index contributed by atoms with van der Waals surface area (Å²) in [4.78, 5) is 12.1. The third-order valence-corrected chi connectivity index (χ3v) is 4.40. The Morgan fingerprint density at radius 3 is 2.31 bits per heavy atom. The topological polar surface area (TPSA) is 26.3 Å². The molecule has 0 N–H and O–H groups in total. The van der Waals surface area contributed by atoms with Crippen LogP contribution in [0.4, 0.5) is 13.2 Å². The van der Waals surface area contributed by atoms with Crippen LogP contribution in [0.15, 0.2) is 72.3 Å². The minimum Gasteiger partial charge on any atom is -0.456 e. The molecule has 0 saturated carbocycles. The number of halogens is 3. The highest BCUT2D eigenvalue weighted by molar-refractivity contribution is 6.07. The van der Waals surface area contributed by atoms with Crippen LogP contribution in [0, 0.1) is 0 Å². The molecule has 3 aromatic carbocycles. The maximum atomic E-state index is 13.2. The first-order chi connectivity index (χ1) is 12.4. The van der Waals surface area contributed by atoms with Crippen LogP contribution in [0.25, 0.3) is 16.5 Å². The quantitative estimate of drug-likeness (QED) is 0.623. The lowest BCUT2D eigenvalue weighted by molar-refractivity contribution is -0.166. The van der Waals surface area contributed by atoms with E-state index >= 15 is 0 Å². The summed E-state index contributed by atoms with van der Waals surface area (Å²) in [6.07, 6.45) is -5.08. The summed E-state index contributed by atoms with van der Waals surface area (Å²) in [7, 11) is 0. The van der Waals surface area contributed by atoms with Gasteiger partial charge < -0.3 is 4.74 Å². The number of hydrogen-bond acceptors (Lipinski definition) is 2. The molecule has 26 heavy (non-hydrogen) atoms. The van der Waals surface area contributed by atoms with Crippen LogP contribution >= 0.6 is 0 Å². The second kappa shape index (κ2) is 6.02. The molecule has 1 heterocycles. The largest absolute Gasteiger partial charge is 0.456 e. The van der Waals surface area contributed by atoms with E-state index in [0.717, 1.165) is 10.8 Å². The highest BCUT2D eigenvalue weighted by Crippen LogP contribution is 2.40. The molecule has 0 amide bonds. The second-order valence-electron chi connectivity index (χ2n) is 6.04. The maximum Gasteiger partial charge on any atom is 0.454 e. The molecule has 0 unspecified atom stereocenters. The van der Waals surface area contributed by atoms with Gasteiger partial charge in [-0.05, 0) is 16.8 Å². The molecular formula is C21H13F3O2. The standard InChI is InChI=1S/C21H13F3O2/c22-21(23,24)20(25)17-12-16-15-9-5-4-6-13(15)10-11-18(16)26-19(17)14-7-2-1-3-8-14/h1-11H,12H2. The highest BCUT2D eigenvalue weighted by Gasteiger charge is 2.43. The fourth-order valence-corrected chi connectivity index (χ4v) is 3.20. The highest BCUT2D eigenvalue weighted by atomic mass is 19.4. The van der Waals surface area contributed by atoms with Gasteiger partial charge in [-0.2, -0.15) is 13.2 Å². The molecule has 1 aliphatic heterocycles. The number of carbonyl (C=O) groups excluding carboxylic acids is 1. The van der Waals surface area contributed by atoms with E-state index in [1.165, 1.54) is 0 Å². The Morgan fingerprint density at radius 2 is 1.58 bits per heavy atom. The summed E-state index contributed by atoms with van der Waals surface area (Å²) in [5.74, 6) is -1.42. The van der Waals surface area contributed by atoms with Gasteiger partial charge in [0.05, 0.1) is 5.57 Å². The molecule has 4 rings (SSSR count). The Bertz CT molecular complexity index is 1030. The summed E-state index contributed by atoms with van der Waals surface area (Å²) in [5.41, 5.74) is 0.668. The summed E-state index contributed by atoms with van der Waals surface area (Å²) in [6.45, 7) is 0. The van der Waals surface area contributed by atoms with Crippen LogP contribution in [0.1, 0.15) is 11.1 Å². The lowest BCUT2D eigenvalue weighted by atomic mass is 9.91. The Balaban J connectivity index is 1.92. The number of rotatable bonds is 2. The van der Waals surface area contributed by atoms with Crippen LogP contribution < -0.4 is 4.74 Å². The number of ketones is 1. The number of carbonyl (C=O) groups is 1. The zero-order valence-electron chi connectivity index (χ0n) is 13.5. The van der Waals surface area contributed by atoms with Crippen molar-refractivity contribution in [3.8, 4) is 5.75 Å². The second-order valence-corrected chi connectivity index (χ2v) is 6.04. The van der Waals surface area contributed by atoms with Crippen molar-refractivity contribution in [2.45, 2.75) is 12.6 Å². The number of fused-ring (bicyclic) bond motifs is 3. The van der Waals surface area contributed by atoms with E-state index in [0.29, 0.717) is 16.9 Å². The first kappa shape index (κ1) is 16.4. The van der Waals surface area contributed by atoms with Crippen molar-refractivity contribution in [3.63, 3.8) is 0 Å². The molecule has 2 nitrogen and oxygen atoms in total. The van der Waals surface area contributed by atoms with Crippen LogP contribution in [0.3, 0.4) is 0 Å². The van der Waals surface area contributed by atoms with Crippen molar-refractivity contribution in [1.29, 1.82) is 0 Å². The fraction of sp³-hybridized carbons (Fsp3) is 0.0952. The van der Waals surface area contributed by atoms with Crippen molar-refractivity contribution >= 4 is 22.3 Å². The smallest absolute Gasteiger partial charge is 0.454 e. The van der Waals surface area contributed by atoms with E-state index in [1.807, 2.05) is 30.3 Å². The molecule has 0 atom stereocenters. The van der Waals surface area contributed by atoms with Gasteiger partial charge in [-0.15, -0.1) is 0 Å². The lowest BCUT2D eigenvalue weighted by Crippen LogP contribution is -2.28. The molecule has 0 bridgehead atoms. The van der Waals surface area contributed by atoms with Crippen LogP contribution in [-0.2, 0) is 11.2 Å². The fourth-order valence-electron chi connectivity index (χ4n) is 3.20. The van der Waals surface area contributed by atoms with Crippen molar-refractivity contribution in [3.05, 3.63) is 83.4 Å². The molecular weight excluding hydrogens is 341 g/mol. The van der Waals surface area contributed by atoms with Gasteiger partial charge in [-0.1, -0.05) is 60.7 Å². The van der Waals surface area contributed by atoms with E-state index < -0.39 is 12.0 Å². The molecule has 0 aromatic heterocycles. The van der Waals surface area contributed by atoms with Gasteiger partial charge in [-0.3, -0.25) is 4.79 Å². The molecule has 130 valence electrons. The van der Waals surface area contributed by atoms with Crippen LogP contribution in [-0.4, -0.2) is 12.0 Å². The molecule has 0 saturated heterocycles. The van der Waals surface area contributed by atoms with Gasteiger partial charge in [-0.25, -0.2) is 0 Å². The third-order valence-electron chi connectivity index (χ3n) is 4.40. The first-order valence-corrected chi connectivity index (χ1v) is 8.04. The monoisotopic (exact) mass is 354 g/mol. The van der Waals surface area contributed by atoms with E-state index in [-0.39, 0.29) is 17.8 Å². The van der Waals surface area contributed by atoms with Gasteiger partial charge in [0.2, 0.25) is 0 Å². The van der Waals surface area contributed by atoms with E-state index in [4.69, 9.17) is 4.74 Å². The molecule has 1 aliphatic rings. The number of hydrogen-bond donors (Lipinski definition) is 0. The maximum absolute atomic E-state index is 13.2. The van der Waals surface area contributed by atoms with Crippen molar-refractivity contribution in [2.24, 2.45) is 0 Å². The van der Waals surface area contributed by atoms with Crippen molar-refractivity contribution in [2.75, 3.05) is 0 Å². The molecule has 0 fully saturated rings. The van der Waals surface area contributed by atoms with Gasteiger partial charge in [0.25, 0.3) is 5.78 Å². The minimum absolute atomic E-state index is 0.0318. The zero-order valence-corrected chi connectivity index (χ0v) is 13.5. The molecule has 0 spiro atoms. The first-order valence-electron chi connectivity index (χ1n) is 8.04. The number of allylic oxidation sites excluding steroid dienone is 1. The summed E-state index contributed by atoms with van der Waals surface area (Å²) >= 11 is 0. The number of Topliss-reactive ketones (excluding diaryl/α,β-unsaturated/α-hetero) is 1. The number of alkyl halides is 3. The van der Waals surface area contributed by atoms with E-state index in [2.05, 4.69) is 0 Å². The summed E-state index contributed by atoms with van der Waals surface area (Å²) in [5, 5.41) is 1.67. The van der Waals surface area contributed by atoms with Gasteiger partial charge in [0.15, 0.2) is 0 Å². The predicted molar refractivity (Wildman–Crippen MR) is 92.7 cm³/mol. The van der Waals surface area contributed by atoms with E-state index in [1.54, 1.807) is 36.4 Å². The van der Waals surface area contributed by atoms with Crippen LogP contribution in [0.2, 0.25) is 0 Å². The Morgan fingerprint density at radius 1 is 0.885 bits per heavy atom. The molecule has 5 heteroatoms. The average Bonchev–Trinajstić information content (AvgIpc) is 2.66. The van der Waals surface area contributed by atoms with Gasteiger partial charge >= 0.3 is 6.18 Å². The predicted octanol–water partition coefficient (Wildman–Crippen LogP) is 5.32. The van der Waals surface area contributed by atoms with Gasteiger partial charge in [0, 0.05) is 17.5 Å². The Labute approximate surface area is 147 Å². The Kier molecular flexibility index (Phi) is 3.80. The minimum atomic E-state index is -4.96. The zero-order chi connectivity index (χ0) is 18.3. The lowest BCUT2D eigenvalue weighted by Gasteiger charge is -2.25. The normalized spacial score (nSPS) is 14.1. The molecule has 3 aromatic rings. The van der Waals surface area contributed by atoms with Crippen molar-refractivity contribution in [1.82, 2.24) is 0 Å². The number of benzene rings is 3.